The number of carbonyl (C=O) groups is 2. The Hall–Kier alpha value is -2.36. The van der Waals surface area contributed by atoms with E-state index >= 15 is 0 Å². The Kier molecular flexibility index (Phi) is 4.31. The van der Waals surface area contributed by atoms with Gasteiger partial charge < -0.3 is 4.74 Å². The van der Waals surface area contributed by atoms with Crippen LogP contribution in [-0.2, 0) is 20.7 Å². The van der Waals surface area contributed by atoms with E-state index < -0.39 is 17.2 Å². The number of amides is 1. The summed E-state index contributed by atoms with van der Waals surface area (Å²) in [6.45, 7) is 7.43. The Balaban J connectivity index is 2.01. The molecule has 1 aliphatic carbocycles. The van der Waals surface area contributed by atoms with Gasteiger partial charge in [0.05, 0.1) is 5.92 Å². The van der Waals surface area contributed by atoms with Gasteiger partial charge in [-0.2, -0.15) is 0 Å². The zero-order valence-electron chi connectivity index (χ0n) is 15.2. The molecule has 0 aromatic heterocycles. The van der Waals surface area contributed by atoms with E-state index in [1.807, 2.05) is 82.3 Å². The summed E-state index contributed by atoms with van der Waals surface area (Å²) in [7, 11) is 0. The van der Waals surface area contributed by atoms with Gasteiger partial charge in [0, 0.05) is 11.8 Å². The number of benzene rings is 1. The highest BCUT2D eigenvalue weighted by Gasteiger charge is 2.57. The maximum atomic E-state index is 13.2. The van der Waals surface area contributed by atoms with Crippen molar-refractivity contribution in [3.63, 3.8) is 0 Å². The number of allylic oxidation sites excluding steroid dienone is 2. The van der Waals surface area contributed by atoms with Gasteiger partial charge in [0.15, 0.2) is 6.23 Å². The minimum atomic E-state index is -1.01. The quantitative estimate of drug-likeness (QED) is 0.792. The molecule has 132 valence electrons. The van der Waals surface area contributed by atoms with Gasteiger partial charge in [0.1, 0.15) is 5.54 Å². The van der Waals surface area contributed by atoms with E-state index in [1.54, 1.807) is 4.90 Å². The lowest BCUT2D eigenvalue weighted by Gasteiger charge is -2.38. The Morgan fingerprint density at radius 1 is 1.16 bits per heavy atom. The van der Waals surface area contributed by atoms with E-state index in [0.717, 1.165) is 5.56 Å². The molecule has 3 rings (SSSR count). The summed E-state index contributed by atoms with van der Waals surface area (Å²) in [6.07, 6.45) is 7.62. The average molecular weight is 339 g/mol. The van der Waals surface area contributed by atoms with Crippen LogP contribution in [0.2, 0.25) is 0 Å². The summed E-state index contributed by atoms with van der Waals surface area (Å²) < 4.78 is 5.73. The van der Waals surface area contributed by atoms with Crippen molar-refractivity contribution in [2.45, 2.75) is 45.9 Å². The minimum Gasteiger partial charge on any atom is -0.439 e. The second kappa shape index (κ2) is 6.17. The summed E-state index contributed by atoms with van der Waals surface area (Å²) in [5, 5.41) is 0. The molecule has 1 heterocycles. The van der Waals surface area contributed by atoms with Crippen LogP contribution in [-0.4, -0.2) is 28.5 Å². The summed E-state index contributed by atoms with van der Waals surface area (Å²) in [4.78, 5) is 27.7. The number of rotatable bonds is 3. The molecule has 1 fully saturated rings. The molecule has 1 saturated heterocycles. The Labute approximate surface area is 149 Å². The van der Waals surface area contributed by atoms with Crippen LogP contribution in [0.3, 0.4) is 0 Å². The van der Waals surface area contributed by atoms with Gasteiger partial charge in [-0.05, 0) is 12.5 Å². The highest BCUT2D eigenvalue weighted by Crippen LogP contribution is 2.39. The van der Waals surface area contributed by atoms with Gasteiger partial charge in [0.25, 0.3) is 0 Å². The summed E-state index contributed by atoms with van der Waals surface area (Å²) >= 11 is 0. The van der Waals surface area contributed by atoms with E-state index in [0.29, 0.717) is 6.42 Å². The number of cyclic esters (lactones) is 1. The fourth-order valence-electron chi connectivity index (χ4n) is 3.41. The first-order chi connectivity index (χ1) is 11.7. The Morgan fingerprint density at radius 2 is 1.76 bits per heavy atom. The number of nitrogens with zero attached hydrogens (tertiary/aromatic N) is 1. The van der Waals surface area contributed by atoms with Gasteiger partial charge in [0.2, 0.25) is 5.91 Å². The van der Waals surface area contributed by atoms with Crippen LogP contribution < -0.4 is 0 Å². The van der Waals surface area contributed by atoms with Crippen LogP contribution in [0.15, 0.2) is 54.6 Å². The molecule has 1 aliphatic heterocycles. The van der Waals surface area contributed by atoms with Crippen molar-refractivity contribution in [1.82, 2.24) is 4.90 Å². The first-order valence-corrected chi connectivity index (χ1v) is 8.67. The van der Waals surface area contributed by atoms with Gasteiger partial charge in [-0.3, -0.25) is 9.69 Å². The predicted octanol–water partition coefficient (Wildman–Crippen LogP) is 3.49. The van der Waals surface area contributed by atoms with E-state index in [4.69, 9.17) is 4.74 Å². The lowest BCUT2D eigenvalue weighted by Crippen LogP contribution is -2.57. The molecular formula is C21H25NO3. The normalized spacial score (nSPS) is 26.3. The highest BCUT2D eigenvalue weighted by molar-refractivity contribution is 5.93. The average Bonchev–Trinajstić information content (AvgIpc) is 3.15. The van der Waals surface area contributed by atoms with Crippen molar-refractivity contribution >= 4 is 11.9 Å². The zero-order chi connectivity index (χ0) is 18.2. The van der Waals surface area contributed by atoms with Crippen molar-refractivity contribution in [2.75, 3.05) is 0 Å². The van der Waals surface area contributed by atoms with E-state index in [1.165, 1.54) is 0 Å². The second-order valence-electron chi connectivity index (χ2n) is 8.00. The molecule has 2 aliphatic rings. The summed E-state index contributed by atoms with van der Waals surface area (Å²) in [5.41, 5.74) is -0.608. The van der Waals surface area contributed by atoms with Gasteiger partial charge in [-0.15, -0.1) is 0 Å². The highest BCUT2D eigenvalue weighted by atomic mass is 16.6. The number of ether oxygens (including phenoxy) is 1. The van der Waals surface area contributed by atoms with Gasteiger partial charge in [-0.25, -0.2) is 4.79 Å². The molecule has 1 amide bonds. The SMILES string of the molecule is CC(C)(C)C(=O)N1[C@H](C2C=CC=C2)OC(=O)[C@@]1(C)Cc1ccccc1. The largest absolute Gasteiger partial charge is 0.439 e. The molecule has 25 heavy (non-hydrogen) atoms. The van der Waals surface area contributed by atoms with Crippen molar-refractivity contribution < 1.29 is 14.3 Å². The van der Waals surface area contributed by atoms with Crippen molar-refractivity contribution in [3.05, 3.63) is 60.2 Å². The van der Waals surface area contributed by atoms with Crippen LogP contribution in [0, 0.1) is 11.3 Å². The van der Waals surface area contributed by atoms with Crippen LogP contribution >= 0.6 is 0 Å². The standard InChI is InChI=1S/C21H25NO3/c1-20(2,3)18(23)22-17(16-12-8-9-13-16)25-19(24)21(22,4)14-15-10-6-5-7-11-15/h5-13,16-17H,14H2,1-4H3/t17-,21+/m0/s1. The second-order valence-corrected chi connectivity index (χ2v) is 8.00. The third-order valence-electron chi connectivity index (χ3n) is 4.81. The Morgan fingerprint density at radius 3 is 2.32 bits per heavy atom. The fraction of sp³-hybridized carbons (Fsp3) is 0.429. The number of hydrogen-bond donors (Lipinski definition) is 0. The third-order valence-corrected chi connectivity index (χ3v) is 4.81. The van der Waals surface area contributed by atoms with E-state index in [2.05, 4.69) is 0 Å². The third kappa shape index (κ3) is 3.13. The zero-order valence-corrected chi connectivity index (χ0v) is 15.2. The molecule has 0 bridgehead atoms. The fourth-order valence-corrected chi connectivity index (χ4v) is 3.41. The topological polar surface area (TPSA) is 46.6 Å². The maximum Gasteiger partial charge on any atom is 0.334 e. The molecule has 0 spiro atoms. The number of hydrogen-bond acceptors (Lipinski definition) is 3. The number of esters is 1. The van der Waals surface area contributed by atoms with E-state index in [9.17, 15) is 9.59 Å². The first-order valence-electron chi connectivity index (χ1n) is 8.67. The molecule has 1 aromatic rings. The smallest absolute Gasteiger partial charge is 0.334 e. The molecule has 0 N–H and O–H groups in total. The Bertz CT molecular complexity index is 717. The lowest BCUT2D eigenvalue weighted by atomic mass is 9.86. The predicted molar refractivity (Wildman–Crippen MR) is 96.5 cm³/mol. The monoisotopic (exact) mass is 339 g/mol. The van der Waals surface area contributed by atoms with Gasteiger partial charge >= 0.3 is 5.97 Å². The minimum absolute atomic E-state index is 0.0736. The lowest BCUT2D eigenvalue weighted by molar-refractivity contribution is -0.150. The molecule has 2 atom stereocenters. The summed E-state index contributed by atoms with van der Waals surface area (Å²) in [6, 6.07) is 9.76. The molecular weight excluding hydrogens is 314 g/mol. The molecule has 1 aromatic carbocycles. The van der Waals surface area contributed by atoms with Crippen LogP contribution in [0.5, 0.6) is 0 Å². The van der Waals surface area contributed by atoms with Gasteiger partial charge in [-0.1, -0.05) is 75.4 Å². The molecule has 4 nitrogen and oxygen atoms in total. The molecule has 4 heteroatoms. The molecule has 0 radical (unpaired) electrons. The van der Waals surface area contributed by atoms with Crippen LogP contribution in [0.1, 0.15) is 33.3 Å². The van der Waals surface area contributed by atoms with Crippen molar-refractivity contribution in [3.8, 4) is 0 Å². The first kappa shape index (κ1) is 17.5. The molecule has 0 saturated carbocycles. The van der Waals surface area contributed by atoms with Crippen molar-refractivity contribution in [1.29, 1.82) is 0 Å². The van der Waals surface area contributed by atoms with Crippen molar-refractivity contribution in [2.24, 2.45) is 11.3 Å². The number of carbonyl (C=O) groups excluding carboxylic acids is 2. The summed E-state index contributed by atoms with van der Waals surface area (Å²) in [5.74, 6) is -0.518. The van der Waals surface area contributed by atoms with Crippen LogP contribution in [0.4, 0.5) is 0 Å². The molecule has 0 unspecified atom stereocenters. The van der Waals surface area contributed by atoms with Crippen LogP contribution in [0.25, 0.3) is 0 Å². The maximum absolute atomic E-state index is 13.2. The van der Waals surface area contributed by atoms with E-state index in [-0.39, 0.29) is 17.8 Å².